The molecule has 5 rings (SSSR count). The number of aliphatic hydroxyl groups excluding tert-OH is 1. The fourth-order valence-electron chi connectivity index (χ4n) is 4.24. The van der Waals surface area contributed by atoms with E-state index in [1.807, 2.05) is 41.3 Å². The minimum atomic E-state index is -0.378. The Balaban J connectivity index is 1.58. The number of hydrogen-bond acceptors (Lipinski definition) is 6. The Labute approximate surface area is 189 Å². The van der Waals surface area contributed by atoms with Crippen molar-refractivity contribution in [3.63, 3.8) is 0 Å². The summed E-state index contributed by atoms with van der Waals surface area (Å²) in [5.41, 5.74) is 3.59. The Bertz CT molecular complexity index is 1380. The second-order valence-corrected chi connectivity index (χ2v) is 8.98. The molecule has 32 heavy (non-hydrogen) atoms. The van der Waals surface area contributed by atoms with E-state index in [0.717, 1.165) is 46.6 Å². The predicted octanol–water partition coefficient (Wildman–Crippen LogP) is 4.57. The Morgan fingerprint density at radius 2 is 1.75 bits per heavy atom. The van der Waals surface area contributed by atoms with Gasteiger partial charge in [-0.05, 0) is 31.0 Å². The van der Waals surface area contributed by atoms with Gasteiger partial charge in [0, 0.05) is 33.3 Å². The summed E-state index contributed by atoms with van der Waals surface area (Å²) in [5.74, 6) is 0. The predicted molar refractivity (Wildman–Crippen MR) is 120 cm³/mol. The summed E-state index contributed by atoms with van der Waals surface area (Å²) < 4.78 is 3.57. The highest BCUT2D eigenvalue weighted by Gasteiger charge is 2.25. The first kappa shape index (κ1) is 20.3. The standard InChI is InChI=1S/C24H20N6OS/c25-10-16-5-1-4-8-22(16)32-23-9-17(14-30-24(23)18(11-26)12-28-30)19-13-27-29(15-19)20-6-2-3-7-21(20)31/h1,4-5,8-9,12-15,20-21,31H,2-3,6-7H2/t20-,21-/m1/s1. The van der Waals surface area contributed by atoms with Gasteiger partial charge in [0.1, 0.15) is 12.1 Å². The van der Waals surface area contributed by atoms with Gasteiger partial charge in [0.25, 0.3) is 0 Å². The largest absolute Gasteiger partial charge is 0.391 e. The van der Waals surface area contributed by atoms with Crippen molar-refractivity contribution in [1.82, 2.24) is 19.4 Å². The molecule has 4 aromatic rings. The van der Waals surface area contributed by atoms with E-state index in [0.29, 0.717) is 16.6 Å². The maximum atomic E-state index is 10.4. The fourth-order valence-corrected chi connectivity index (χ4v) is 5.33. The SMILES string of the molecule is N#Cc1ccccc1Sc1cc(-c2cnn([C@@H]3CCCC[C@H]3O)c2)cn2ncc(C#N)c12. The minimum absolute atomic E-state index is 0.00697. The number of pyridine rings is 1. The molecule has 1 saturated carbocycles. The van der Waals surface area contributed by atoms with Crippen LogP contribution in [0.5, 0.6) is 0 Å². The van der Waals surface area contributed by atoms with Gasteiger partial charge in [0.05, 0.1) is 41.2 Å². The summed E-state index contributed by atoms with van der Waals surface area (Å²) in [7, 11) is 0. The van der Waals surface area contributed by atoms with Crippen LogP contribution in [0.15, 0.2) is 64.9 Å². The Hall–Kier alpha value is -3.59. The third kappa shape index (κ3) is 3.64. The molecule has 3 heterocycles. The van der Waals surface area contributed by atoms with Crippen LogP contribution in [-0.4, -0.2) is 30.6 Å². The second kappa shape index (κ2) is 8.51. The summed E-state index contributed by atoms with van der Waals surface area (Å²) in [5, 5.41) is 38.4. The van der Waals surface area contributed by atoms with Crippen molar-refractivity contribution >= 4 is 17.3 Å². The Kier molecular flexibility index (Phi) is 5.40. The lowest BCUT2D eigenvalue weighted by Crippen LogP contribution is -2.27. The zero-order valence-corrected chi connectivity index (χ0v) is 18.0. The van der Waals surface area contributed by atoms with E-state index in [2.05, 4.69) is 22.3 Å². The molecule has 1 aliphatic carbocycles. The van der Waals surface area contributed by atoms with Gasteiger partial charge in [-0.2, -0.15) is 20.7 Å². The van der Waals surface area contributed by atoms with Crippen LogP contribution in [0.25, 0.3) is 16.6 Å². The van der Waals surface area contributed by atoms with Crippen LogP contribution in [0, 0.1) is 22.7 Å². The number of nitriles is 2. The molecule has 3 aromatic heterocycles. The van der Waals surface area contributed by atoms with Crippen LogP contribution in [0.1, 0.15) is 42.9 Å². The molecule has 1 aliphatic rings. The average molecular weight is 441 g/mol. The number of nitrogens with zero attached hydrogens (tertiary/aromatic N) is 6. The smallest absolute Gasteiger partial charge is 0.103 e. The molecule has 0 saturated heterocycles. The van der Waals surface area contributed by atoms with Gasteiger partial charge < -0.3 is 5.11 Å². The first-order valence-corrected chi connectivity index (χ1v) is 11.3. The molecule has 8 heteroatoms. The quantitative estimate of drug-likeness (QED) is 0.499. The third-order valence-electron chi connectivity index (χ3n) is 5.89. The first-order valence-electron chi connectivity index (χ1n) is 10.5. The van der Waals surface area contributed by atoms with E-state index in [1.165, 1.54) is 11.8 Å². The highest BCUT2D eigenvalue weighted by molar-refractivity contribution is 7.99. The molecular weight excluding hydrogens is 420 g/mol. The van der Waals surface area contributed by atoms with E-state index in [4.69, 9.17) is 0 Å². The molecule has 1 aromatic carbocycles. The lowest BCUT2D eigenvalue weighted by atomic mass is 9.93. The zero-order chi connectivity index (χ0) is 22.1. The van der Waals surface area contributed by atoms with Crippen LogP contribution < -0.4 is 0 Å². The van der Waals surface area contributed by atoms with Crippen molar-refractivity contribution in [1.29, 1.82) is 10.5 Å². The molecule has 0 aliphatic heterocycles. The molecule has 2 atom stereocenters. The number of hydrogen-bond donors (Lipinski definition) is 1. The highest BCUT2D eigenvalue weighted by Crippen LogP contribution is 2.37. The monoisotopic (exact) mass is 440 g/mol. The molecule has 0 unspecified atom stereocenters. The highest BCUT2D eigenvalue weighted by atomic mass is 32.2. The normalized spacial score (nSPS) is 18.3. The Morgan fingerprint density at radius 3 is 2.56 bits per heavy atom. The third-order valence-corrected chi connectivity index (χ3v) is 7.00. The topological polar surface area (TPSA) is 103 Å². The number of fused-ring (bicyclic) bond motifs is 1. The molecule has 1 N–H and O–H groups in total. The van der Waals surface area contributed by atoms with Crippen LogP contribution in [0.4, 0.5) is 0 Å². The van der Waals surface area contributed by atoms with Gasteiger partial charge >= 0.3 is 0 Å². The Morgan fingerprint density at radius 1 is 0.938 bits per heavy atom. The summed E-state index contributed by atoms with van der Waals surface area (Å²) in [4.78, 5) is 1.66. The molecule has 0 amide bonds. The van der Waals surface area contributed by atoms with E-state index in [1.54, 1.807) is 23.0 Å². The van der Waals surface area contributed by atoms with Crippen LogP contribution >= 0.6 is 11.8 Å². The second-order valence-electron chi connectivity index (χ2n) is 7.89. The van der Waals surface area contributed by atoms with Crippen molar-refractivity contribution in [2.75, 3.05) is 0 Å². The van der Waals surface area contributed by atoms with Crippen LogP contribution in [-0.2, 0) is 0 Å². The van der Waals surface area contributed by atoms with E-state index < -0.39 is 0 Å². The van der Waals surface area contributed by atoms with Gasteiger partial charge in [-0.1, -0.05) is 36.7 Å². The van der Waals surface area contributed by atoms with Crippen molar-refractivity contribution in [2.24, 2.45) is 0 Å². The summed E-state index contributed by atoms with van der Waals surface area (Å²) in [6.07, 6.45) is 10.7. The maximum absolute atomic E-state index is 10.4. The molecule has 0 spiro atoms. The maximum Gasteiger partial charge on any atom is 0.103 e. The number of rotatable bonds is 4. The molecule has 7 nitrogen and oxygen atoms in total. The molecule has 158 valence electrons. The number of aromatic nitrogens is 4. The molecular formula is C24H20N6OS. The van der Waals surface area contributed by atoms with E-state index in [9.17, 15) is 15.6 Å². The van der Waals surface area contributed by atoms with Crippen molar-refractivity contribution < 1.29 is 5.11 Å². The number of benzene rings is 1. The van der Waals surface area contributed by atoms with E-state index >= 15 is 0 Å². The van der Waals surface area contributed by atoms with Gasteiger partial charge in [-0.15, -0.1) is 0 Å². The van der Waals surface area contributed by atoms with Crippen LogP contribution in [0.3, 0.4) is 0 Å². The summed E-state index contributed by atoms with van der Waals surface area (Å²) in [6.45, 7) is 0. The summed E-state index contributed by atoms with van der Waals surface area (Å²) in [6, 6.07) is 13.9. The minimum Gasteiger partial charge on any atom is -0.391 e. The van der Waals surface area contributed by atoms with Gasteiger partial charge in [-0.3, -0.25) is 4.68 Å². The first-order chi connectivity index (χ1) is 15.7. The molecule has 0 radical (unpaired) electrons. The fraction of sp³-hybridized carbons (Fsp3) is 0.250. The van der Waals surface area contributed by atoms with Gasteiger partial charge in [0.2, 0.25) is 0 Å². The number of aliphatic hydroxyl groups is 1. The van der Waals surface area contributed by atoms with Crippen LogP contribution in [0.2, 0.25) is 0 Å². The average Bonchev–Trinajstić information content (AvgIpc) is 3.47. The van der Waals surface area contributed by atoms with Crippen molar-refractivity contribution in [3.05, 3.63) is 66.2 Å². The molecule has 0 bridgehead atoms. The summed E-state index contributed by atoms with van der Waals surface area (Å²) >= 11 is 1.44. The van der Waals surface area contributed by atoms with Crippen molar-refractivity contribution in [2.45, 2.75) is 47.6 Å². The lowest BCUT2D eigenvalue weighted by Gasteiger charge is -2.27. The zero-order valence-electron chi connectivity index (χ0n) is 17.2. The van der Waals surface area contributed by atoms with E-state index in [-0.39, 0.29) is 12.1 Å². The van der Waals surface area contributed by atoms with Gasteiger partial charge in [0.15, 0.2) is 0 Å². The van der Waals surface area contributed by atoms with Crippen molar-refractivity contribution in [3.8, 4) is 23.3 Å². The molecule has 1 fully saturated rings. The van der Waals surface area contributed by atoms with Gasteiger partial charge in [-0.25, -0.2) is 4.52 Å². The lowest BCUT2D eigenvalue weighted by molar-refractivity contribution is 0.0695.